The minimum Gasteiger partial charge on any atom is -0.497 e. The Morgan fingerprint density at radius 2 is 1.78 bits per heavy atom. The molecule has 2 fully saturated rings. The van der Waals surface area contributed by atoms with E-state index in [-0.39, 0.29) is 24.0 Å². The standard InChI is InChI=1S/C23H40N6O2.HI/c1-24-23(25-7-11-28-9-5-8-27(2)12-13-28)26-20-6-10-29(18-20)17-19-14-21(30-3)16-22(15-19)31-4;/h14-16,20H,5-13,17-18H2,1-4H3,(H2,24,25,26);1H. The van der Waals surface area contributed by atoms with Crippen molar-refractivity contribution in [3.63, 3.8) is 0 Å². The lowest BCUT2D eigenvalue weighted by Gasteiger charge is -2.22. The summed E-state index contributed by atoms with van der Waals surface area (Å²) in [7, 11) is 7.45. The molecule has 2 aliphatic rings. The number of likely N-dealkylation sites (N-methyl/N-ethyl adjacent to an activating group) is 1. The second-order valence-corrected chi connectivity index (χ2v) is 8.58. The first-order valence-corrected chi connectivity index (χ1v) is 11.4. The molecule has 0 amide bonds. The SMILES string of the molecule is CN=C(NCCN1CCCN(C)CC1)NC1CCN(Cc2cc(OC)cc(OC)c2)C1.I. The summed E-state index contributed by atoms with van der Waals surface area (Å²) in [5, 5.41) is 7.11. The smallest absolute Gasteiger partial charge is 0.191 e. The summed E-state index contributed by atoms with van der Waals surface area (Å²) in [5.74, 6) is 2.58. The Balaban J connectivity index is 0.00000363. The maximum Gasteiger partial charge on any atom is 0.191 e. The molecule has 0 saturated carbocycles. The Hall–Kier alpha value is -1.30. The molecule has 1 aromatic carbocycles. The molecule has 1 atom stereocenters. The van der Waals surface area contributed by atoms with Crippen molar-refractivity contribution in [3.05, 3.63) is 23.8 Å². The highest BCUT2D eigenvalue weighted by atomic mass is 127. The van der Waals surface area contributed by atoms with Crippen molar-refractivity contribution in [1.29, 1.82) is 0 Å². The predicted octanol–water partition coefficient (Wildman–Crippen LogP) is 1.70. The second-order valence-electron chi connectivity index (χ2n) is 8.58. The van der Waals surface area contributed by atoms with Gasteiger partial charge in [0.2, 0.25) is 0 Å². The van der Waals surface area contributed by atoms with Crippen LogP contribution in [0.2, 0.25) is 0 Å². The molecular weight excluding hydrogens is 519 g/mol. The van der Waals surface area contributed by atoms with Gasteiger partial charge in [-0.05, 0) is 50.7 Å². The van der Waals surface area contributed by atoms with E-state index in [1.807, 2.05) is 13.1 Å². The van der Waals surface area contributed by atoms with E-state index in [4.69, 9.17) is 9.47 Å². The summed E-state index contributed by atoms with van der Waals surface area (Å²) >= 11 is 0. The fourth-order valence-electron chi connectivity index (χ4n) is 4.35. The van der Waals surface area contributed by atoms with E-state index in [2.05, 4.69) is 49.5 Å². The van der Waals surface area contributed by atoms with Crippen molar-refractivity contribution in [1.82, 2.24) is 25.3 Å². The van der Waals surface area contributed by atoms with Gasteiger partial charge in [-0.2, -0.15) is 0 Å². The zero-order chi connectivity index (χ0) is 22.1. The summed E-state index contributed by atoms with van der Waals surface area (Å²) < 4.78 is 10.8. The van der Waals surface area contributed by atoms with Gasteiger partial charge in [-0.25, -0.2) is 0 Å². The van der Waals surface area contributed by atoms with Gasteiger partial charge in [0, 0.05) is 65.0 Å². The molecular formula is C23H41IN6O2. The Labute approximate surface area is 210 Å². The predicted molar refractivity (Wildman–Crippen MR) is 142 cm³/mol. The number of guanidine groups is 1. The lowest BCUT2D eigenvalue weighted by Crippen LogP contribution is -2.46. The number of hydrogen-bond acceptors (Lipinski definition) is 6. The van der Waals surface area contributed by atoms with Crippen LogP contribution in [0.5, 0.6) is 11.5 Å². The molecule has 2 saturated heterocycles. The Morgan fingerprint density at radius 1 is 1.03 bits per heavy atom. The van der Waals surface area contributed by atoms with Crippen LogP contribution >= 0.6 is 24.0 Å². The molecule has 0 bridgehead atoms. The fourth-order valence-corrected chi connectivity index (χ4v) is 4.35. The highest BCUT2D eigenvalue weighted by Crippen LogP contribution is 2.24. The Morgan fingerprint density at radius 3 is 2.47 bits per heavy atom. The van der Waals surface area contributed by atoms with Crippen molar-refractivity contribution < 1.29 is 9.47 Å². The number of hydrogen-bond donors (Lipinski definition) is 2. The lowest BCUT2D eigenvalue weighted by molar-refractivity contribution is 0.279. The third-order valence-corrected chi connectivity index (χ3v) is 6.19. The van der Waals surface area contributed by atoms with Crippen LogP contribution in [0.1, 0.15) is 18.4 Å². The minimum absolute atomic E-state index is 0. The van der Waals surface area contributed by atoms with Gasteiger partial charge in [0.05, 0.1) is 14.2 Å². The molecule has 2 heterocycles. The molecule has 2 aliphatic heterocycles. The van der Waals surface area contributed by atoms with Crippen LogP contribution in [0.25, 0.3) is 0 Å². The number of likely N-dealkylation sites (tertiary alicyclic amines) is 1. The fraction of sp³-hybridized carbons (Fsp3) is 0.696. The number of rotatable bonds is 8. The normalized spacial score (nSPS) is 21.0. The summed E-state index contributed by atoms with van der Waals surface area (Å²) in [6.07, 6.45) is 2.36. The first-order valence-electron chi connectivity index (χ1n) is 11.4. The molecule has 182 valence electrons. The van der Waals surface area contributed by atoms with E-state index >= 15 is 0 Å². The lowest BCUT2D eigenvalue weighted by atomic mass is 10.2. The van der Waals surface area contributed by atoms with Gasteiger partial charge < -0.3 is 29.9 Å². The zero-order valence-corrected chi connectivity index (χ0v) is 22.4. The highest BCUT2D eigenvalue weighted by Gasteiger charge is 2.23. The van der Waals surface area contributed by atoms with Crippen molar-refractivity contribution in [2.75, 3.05) is 80.7 Å². The molecule has 8 nitrogen and oxygen atoms in total. The second kappa shape index (κ2) is 14.1. The molecule has 9 heteroatoms. The molecule has 0 radical (unpaired) electrons. The third-order valence-electron chi connectivity index (χ3n) is 6.19. The van der Waals surface area contributed by atoms with Gasteiger partial charge in [-0.15, -0.1) is 24.0 Å². The molecule has 0 aromatic heterocycles. The van der Waals surface area contributed by atoms with E-state index < -0.39 is 0 Å². The third kappa shape index (κ3) is 8.57. The summed E-state index contributed by atoms with van der Waals surface area (Å²) in [4.78, 5) is 11.9. The number of aliphatic imine (C=N–C) groups is 1. The number of halogens is 1. The van der Waals surface area contributed by atoms with Gasteiger partial charge in [-0.3, -0.25) is 9.89 Å². The monoisotopic (exact) mass is 560 g/mol. The molecule has 0 spiro atoms. The van der Waals surface area contributed by atoms with Gasteiger partial charge in [0.1, 0.15) is 11.5 Å². The van der Waals surface area contributed by atoms with E-state index in [1.54, 1.807) is 14.2 Å². The minimum atomic E-state index is 0. The van der Waals surface area contributed by atoms with Crippen LogP contribution in [0.4, 0.5) is 0 Å². The van der Waals surface area contributed by atoms with Crippen molar-refractivity contribution in [2.24, 2.45) is 4.99 Å². The molecule has 2 N–H and O–H groups in total. The van der Waals surface area contributed by atoms with E-state index in [0.717, 1.165) is 69.7 Å². The molecule has 1 unspecified atom stereocenters. The summed E-state index contributed by atoms with van der Waals surface area (Å²) in [6, 6.07) is 6.50. The number of methoxy groups -OCH3 is 2. The molecule has 3 rings (SSSR count). The van der Waals surface area contributed by atoms with Crippen molar-refractivity contribution in [3.8, 4) is 11.5 Å². The first-order chi connectivity index (χ1) is 15.1. The van der Waals surface area contributed by atoms with E-state index in [9.17, 15) is 0 Å². The first kappa shape index (κ1) is 26.9. The van der Waals surface area contributed by atoms with Gasteiger partial charge in [-0.1, -0.05) is 0 Å². The van der Waals surface area contributed by atoms with Crippen LogP contribution in [0.3, 0.4) is 0 Å². The van der Waals surface area contributed by atoms with Crippen LogP contribution in [-0.2, 0) is 6.54 Å². The molecule has 0 aliphatic carbocycles. The largest absolute Gasteiger partial charge is 0.497 e. The highest BCUT2D eigenvalue weighted by molar-refractivity contribution is 14.0. The van der Waals surface area contributed by atoms with Crippen molar-refractivity contribution in [2.45, 2.75) is 25.4 Å². The quantitative estimate of drug-likeness (QED) is 0.285. The zero-order valence-electron chi connectivity index (χ0n) is 20.1. The Kier molecular flexibility index (Phi) is 11.8. The van der Waals surface area contributed by atoms with E-state index in [0.29, 0.717) is 6.04 Å². The van der Waals surface area contributed by atoms with Crippen LogP contribution in [0.15, 0.2) is 23.2 Å². The maximum absolute atomic E-state index is 5.40. The molecule has 32 heavy (non-hydrogen) atoms. The van der Waals surface area contributed by atoms with Crippen LogP contribution in [-0.4, -0.2) is 107 Å². The average Bonchev–Trinajstić information content (AvgIpc) is 3.11. The number of nitrogens with zero attached hydrogens (tertiary/aromatic N) is 4. The number of nitrogens with one attached hydrogen (secondary N) is 2. The van der Waals surface area contributed by atoms with Gasteiger partial charge in [0.25, 0.3) is 0 Å². The van der Waals surface area contributed by atoms with Gasteiger partial charge in [0.15, 0.2) is 5.96 Å². The number of benzene rings is 1. The van der Waals surface area contributed by atoms with Crippen LogP contribution in [0, 0.1) is 0 Å². The summed E-state index contributed by atoms with van der Waals surface area (Å²) in [5.41, 5.74) is 1.21. The van der Waals surface area contributed by atoms with Crippen LogP contribution < -0.4 is 20.1 Å². The van der Waals surface area contributed by atoms with Gasteiger partial charge >= 0.3 is 0 Å². The average molecular weight is 561 g/mol. The van der Waals surface area contributed by atoms with Crippen molar-refractivity contribution >= 4 is 29.9 Å². The molecule has 1 aromatic rings. The topological polar surface area (TPSA) is 64.6 Å². The maximum atomic E-state index is 5.40. The summed E-state index contributed by atoms with van der Waals surface area (Å²) in [6.45, 7) is 9.63. The van der Waals surface area contributed by atoms with E-state index in [1.165, 1.54) is 25.1 Å². The Bertz CT molecular complexity index is 697. The number of ether oxygens (including phenoxy) is 2.